The fourth-order valence-corrected chi connectivity index (χ4v) is 5.17. The van der Waals surface area contributed by atoms with Gasteiger partial charge in [-0.1, -0.05) is 46.5 Å². The molecule has 1 aromatic carbocycles. The molecule has 0 fully saturated rings. The zero-order valence-electron chi connectivity index (χ0n) is 16.6. The van der Waals surface area contributed by atoms with E-state index in [1.807, 2.05) is 6.92 Å². The minimum Gasteiger partial charge on any atom is -0.497 e. The van der Waals surface area contributed by atoms with Gasteiger partial charge in [0.2, 0.25) is 10.0 Å². The highest BCUT2D eigenvalue weighted by atomic mass is 32.2. The molecule has 0 amide bonds. The van der Waals surface area contributed by atoms with Crippen LogP contribution >= 0.6 is 0 Å². The van der Waals surface area contributed by atoms with Crippen LogP contribution in [-0.2, 0) is 10.0 Å². The normalized spacial score (nSPS) is 21.8. The van der Waals surface area contributed by atoms with Crippen LogP contribution in [0.3, 0.4) is 0 Å². The van der Waals surface area contributed by atoms with E-state index in [2.05, 4.69) is 13.8 Å². The van der Waals surface area contributed by atoms with Crippen LogP contribution in [0.5, 0.6) is 11.5 Å². The van der Waals surface area contributed by atoms with Gasteiger partial charge in [-0.15, -0.1) is 0 Å². The SMILES string of the molecule is CCN1CC(C)(C)CCCCCCCOc2cc(OC)ccc2S1(=O)=O. The smallest absolute Gasteiger partial charge is 0.246 e. The second-order valence-electron chi connectivity index (χ2n) is 7.77. The van der Waals surface area contributed by atoms with Gasteiger partial charge in [0, 0.05) is 19.2 Å². The summed E-state index contributed by atoms with van der Waals surface area (Å²) in [6.07, 6.45) is 6.59. The fourth-order valence-electron chi connectivity index (χ4n) is 3.42. The van der Waals surface area contributed by atoms with E-state index in [0.29, 0.717) is 31.2 Å². The van der Waals surface area contributed by atoms with E-state index in [1.54, 1.807) is 29.6 Å². The third-order valence-electron chi connectivity index (χ3n) is 4.98. The van der Waals surface area contributed by atoms with Crippen LogP contribution in [0.2, 0.25) is 0 Å². The Morgan fingerprint density at radius 1 is 1.15 bits per heavy atom. The summed E-state index contributed by atoms with van der Waals surface area (Å²) >= 11 is 0. The standard InChI is InChI=1S/C20H33NO4S/c1-5-21-16-20(2,3)13-9-7-6-8-10-14-25-18-15-17(24-4)11-12-19(18)26(21,22)23/h11-12,15H,5-10,13-14,16H2,1-4H3. The number of hydrogen-bond acceptors (Lipinski definition) is 4. The number of fused-ring (bicyclic) bond motifs is 1. The Bertz CT molecular complexity index is 685. The van der Waals surface area contributed by atoms with Gasteiger partial charge in [0.15, 0.2) is 0 Å². The first kappa shape index (κ1) is 21.0. The first-order valence-corrected chi connectivity index (χ1v) is 11.0. The summed E-state index contributed by atoms with van der Waals surface area (Å²) in [7, 11) is -2.06. The van der Waals surface area contributed by atoms with E-state index in [4.69, 9.17) is 9.47 Å². The van der Waals surface area contributed by atoms with E-state index < -0.39 is 10.0 Å². The Balaban J connectivity index is 2.43. The minimum absolute atomic E-state index is 0.0549. The molecule has 26 heavy (non-hydrogen) atoms. The van der Waals surface area contributed by atoms with Gasteiger partial charge in [0.05, 0.1) is 13.7 Å². The first-order chi connectivity index (χ1) is 12.3. The molecule has 0 radical (unpaired) electrons. The highest BCUT2D eigenvalue weighted by Gasteiger charge is 2.32. The van der Waals surface area contributed by atoms with Crippen molar-refractivity contribution in [2.75, 3.05) is 26.8 Å². The highest BCUT2D eigenvalue weighted by Crippen LogP contribution is 2.34. The summed E-state index contributed by atoms with van der Waals surface area (Å²) in [4.78, 5) is 0.230. The minimum atomic E-state index is -3.62. The highest BCUT2D eigenvalue weighted by molar-refractivity contribution is 7.89. The van der Waals surface area contributed by atoms with E-state index >= 15 is 0 Å². The molecule has 0 aliphatic carbocycles. The molecule has 0 bridgehead atoms. The van der Waals surface area contributed by atoms with Gasteiger partial charge < -0.3 is 9.47 Å². The lowest BCUT2D eigenvalue weighted by Crippen LogP contribution is -2.39. The van der Waals surface area contributed by atoms with Gasteiger partial charge >= 0.3 is 0 Å². The number of rotatable bonds is 2. The Hall–Kier alpha value is -1.27. The summed E-state index contributed by atoms with van der Waals surface area (Å²) in [6, 6.07) is 4.96. The molecule has 0 N–H and O–H groups in total. The predicted octanol–water partition coefficient (Wildman–Crippen LogP) is 4.47. The maximum absolute atomic E-state index is 13.3. The molecule has 6 heteroatoms. The molecule has 1 aliphatic heterocycles. The number of benzene rings is 1. The Morgan fingerprint density at radius 2 is 1.85 bits per heavy atom. The van der Waals surface area contributed by atoms with E-state index in [9.17, 15) is 8.42 Å². The fraction of sp³-hybridized carbons (Fsp3) is 0.700. The molecule has 148 valence electrons. The number of ether oxygens (including phenoxy) is 2. The number of hydrogen-bond donors (Lipinski definition) is 0. The van der Waals surface area contributed by atoms with Gasteiger partial charge in [-0.3, -0.25) is 0 Å². The Kier molecular flexibility index (Phi) is 7.35. The molecule has 0 aromatic heterocycles. The van der Waals surface area contributed by atoms with Gasteiger partial charge in [-0.25, -0.2) is 8.42 Å². The first-order valence-electron chi connectivity index (χ1n) is 9.61. The van der Waals surface area contributed by atoms with Crippen molar-refractivity contribution in [2.24, 2.45) is 5.41 Å². The molecule has 0 saturated carbocycles. The van der Waals surface area contributed by atoms with E-state index in [1.165, 1.54) is 12.8 Å². The molecule has 2 rings (SSSR count). The predicted molar refractivity (Wildman–Crippen MR) is 104 cm³/mol. The van der Waals surface area contributed by atoms with Crippen LogP contribution < -0.4 is 9.47 Å². The lowest BCUT2D eigenvalue weighted by Gasteiger charge is -2.32. The Labute approximate surface area is 158 Å². The largest absolute Gasteiger partial charge is 0.497 e. The van der Waals surface area contributed by atoms with E-state index in [-0.39, 0.29) is 10.3 Å². The van der Waals surface area contributed by atoms with Crippen molar-refractivity contribution in [3.8, 4) is 11.5 Å². The second-order valence-corrected chi connectivity index (χ2v) is 9.68. The molecule has 1 aromatic rings. The maximum Gasteiger partial charge on any atom is 0.246 e. The average Bonchev–Trinajstić information content (AvgIpc) is 2.60. The second kappa shape index (κ2) is 9.09. The molecule has 0 unspecified atom stereocenters. The summed E-state index contributed by atoms with van der Waals surface area (Å²) in [5.41, 5.74) is -0.0549. The van der Waals surface area contributed by atoms with Crippen molar-refractivity contribution >= 4 is 10.0 Å². The van der Waals surface area contributed by atoms with Gasteiger partial charge in [-0.2, -0.15) is 4.31 Å². The summed E-state index contributed by atoms with van der Waals surface area (Å²) in [6.45, 7) is 7.67. The molecule has 5 nitrogen and oxygen atoms in total. The average molecular weight is 384 g/mol. The molecule has 1 aliphatic rings. The van der Waals surface area contributed by atoms with Crippen molar-refractivity contribution in [1.29, 1.82) is 0 Å². The van der Waals surface area contributed by atoms with Crippen molar-refractivity contribution in [3.05, 3.63) is 18.2 Å². The van der Waals surface area contributed by atoms with Crippen molar-refractivity contribution in [1.82, 2.24) is 4.31 Å². The van der Waals surface area contributed by atoms with Crippen LogP contribution in [0.25, 0.3) is 0 Å². The lowest BCUT2D eigenvalue weighted by molar-refractivity contribution is 0.237. The third kappa shape index (κ3) is 5.36. The van der Waals surface area contributed by atoms with Crippen LogP contribution in [0.4, 0.5) is 0 Å². The maximum atomic E-state index is 13.3. The van der Waals surface area contributed by atoms with Gasteiger partial charge in [-0.05, 0) is 30.4 Å². The summed E-state index contributed by atoms with van der Waals surface area (Å²) < 4.78 is 39.3. The molecular weight excluding hydrogens is 350 g/mol. The van der Waals surface area contributed by atoms with Crippen LogP contribution in [0, 0.1) is 5.41 Å². The van der Waals surface area contributed by atoms with Crippen LogP contribution in [-0.4, -0.2) is 39.5 Å². The van der Waals surface area contributed by atoms with E-state index in [0.717, 1.165) is 25.7 Å². The zero-order chi connectivity index (χ0) is 19.2. The third-order valence-corrected chi connectivity index (χ3v) is 6.94. The number of sulfonamides is 1. The number of methoxy groups -OCH3 is 1. The molecule has 0 spiro atoms. The Morgan fingerprint density at radius 3 is 2.54 bits per heavy atom. The van der Waals surface area contributed by atoms with Crippen molar-refractivity contribution < 1.29 is 17.9 Å². The lowest BCUT2D eigenvalue weighted by atomic mass is 9.86. The number of nitrogens with zero attached hydrogens (tertiary/aromatic N) is 1. The van der Waals surface area contributed by atoms with Crippen molar-refractivity contribution in [2.45, 2.75) is 64.2 Å². The van der Waals surface area contributed by atoms with Crippen molar-refractivity contribution in [3.63, 3.8) is 0 Å². The zero-order valence-corrected chi connectivity index (χ0v) is 17.4. The monoisotopic (exact) mass is 383 g/mol. The molecule has 0 saturated heterocycles. The van der Waals surface area contributed by atoms with Crippen LogP contribution in [0.1, 0.15) is 59.3 Å². The molecule has 0 atom stereocenters. The molecular formula is C20H33NO4S. The van der Waals surface area contributed by atoms with Gasteiger partial charge in [0.1, 0.15) is 16.4 Å². The molecule has 1 heterocycles. The van der Waals surface area contributed by atoms with Crippen LogP contribution in [0.15, 0.2) is 23.1 Å². The van der Waals surface area contributed by atoms with Gasteiger partial charge in [0.25, 0.3) is 0 Å². The summed E-state index contributed by atoms with van der Waals surface area (Å²) in [5, 5.41) is 0. The topological polar surface area (TPSA) is 55.8 Å². The summed E-state index contributed by atoms with van der Waals surface area (Å²) in [5.74, 6) is 0.987. The quantitative estimate of drug-likeness (QED) is 0.756.